The number of methoxy groups -OCH3 is 3. The maximum absolute atomic E-state index is 5.43. The van der Waals surface area contributed by atoms with Gasteiger partial charge in [0.1, 0.15) is 11.5 Å². The van der Waals surface area contributed by atoms with Crippen molar-refractivity contribution in [1.29, 1.82) is 0 Å². The molecule has 0 aliphatic heterocycles. The average Bonchev–Trinajstić information content (AvgIpc) is 2.67. The molecule has 2 rings (SSSR count). The molecule has 2 aromatic rings. The van der Waals surface area contributed by atoms with Crippen LogP contribution in [0.1, 0.15) is 11.4 Å². The number of rotatable bonds is 7. The van der Waals surface area contributed by atoms with Crippen LogP contribution in [0.5, 0.6) is 11.5 Å². The fourth-order valence-electron chi connectivity index (χ4n) is 2.42. The molecule has 1 aromatic heterocycles. The van der Waals surface area contributed by atoms with Crippen molar-refractivity contribution in [1.82, 2.24) is 15.3 Å². The second-order valence-corrected chi connectivity index (χ2v) is 6.38. The third kappa shape index (κ3) is 7.16. The van der Waals surface area contributed by atoms with Crippen LogP contribution in [-0.4, -0.2) is 55.5 Å². The van der Waals surface area contributed by atoms with Crippen molar-refractivity contribution in [2.75, 3.05) is 45.1 Å². The Labute approximate surface area is 175 Å². The maximum Gasteiger partial charge on any atom is 0.229 e. The summed E-state index contributed by atoms with van der Waals surface area (Å²) in [4.78, 5) is 13.2. The normalized spacial score (nSPS) is 11.0. The van der Waals surface area contributed by atoms with Crippen LogP contribution in [0.2, 0.25) is 0 Å². The van der Waals surface area contributed by atoms with E-state index in [0.717, 1.165) is 11.4 Å². The zero-order valence-electron chi connectivity index (χ0n) is 17.2. The van der Waals surface area contributed by atoms with E-state index in [1.54, 1.807) is 39.5 Å². The van der Waals surface area contributed by atoms with Crippen molar-refractivity contribution in [2.45, 2.75) is 13.8 Å². The summed E-state index contributed by atoms with van der Waals surface area (Å²) in [6, 6.07) is 7.27. The van der Waals surface area contributed by atoms with Crippen LogP contribution < -0.4 is 25.4 Å². The van der Waals surface area contributed by atoms with Gasteiger partial charge in [0.2, 0.25) is 11.9 Å². The molecule has 0 radical (unpaired) electrons. The number of nitrogens with zero attached hydrogens (tertiary/aromatic N) is 3. The Morgan fingerprint density at radius 3 is 2.38 bits per heavy atom. The topological polar surface area (TPSA) is 102 Å². The van der Waals surface area contributed by atoms with Crippen LogP contribution in [0, 0.1) is 13.8 Å². The van der Waals surface area contributed by atoms with Gasteiger partial charge in [-0.05, 0) is 44.3 Å². The molecular formula is C19H26N6O3S. The maximum atomic E-state index is 5.43. The fourth-order valence-corrected chi connectivity index (χ4v) is 2.63. The second kappa shape index (κ2) is 11.1. The zero-order valence-corrected chi connectivity index (χ0v) is 18.0. The van der Waals surface area contributed by atoms with E-state index in [0.29, 0.717) is 47.4 Å². The van der Waals surface area contributed by atoms with Gasteiger partial charge in [0.25, 0.3) is 0 Å². The highest BCUT2D eigenvalue weighted by atomic mass is 32.1. The quantitative estimate of drug-likeness (QED) is 0.271. The van der Waals surface area contributed by atoms with Crippen LogP contribution in [-0.2, 0) is 4.74 Å². The van der Waals surface area contributed by atoms with E-state index >= 15 is 0 Å². The molecule has 0 aliphatic rings. The summed E-state index contributed by atoms with van der Waals surface area (Å²) in [5, 5.41) is 9.49. The SMILES string of the molecule is COCCN=C(NC(=S)Nc1cc(OC)ccc1OC)Nc1nc(C)cc(C)n1. The van der Waals surface area contributed by atoms with Gasteiger partial charge in [-0.15, -0.1) is 0 Å². The van der Waals surface area contributed by atoms with Gasteiger partial charge in [0.05, 0.1) is 33.1 Å². The van der Waals surface area contributed by atoms with Gasteiger partial charge < -0.3 is 24.8 Å². The number of hydrogen-bond donors (Lipinski definition) is 3. The molecule has 0 spiro atoms. The minimum atomic E-state index is 0.310. The Morgan fingerprint density at radius 2 is 1.76 bits per heavy atom. The number of anilines is 2. The van der Waals surface area contributed by atoms with Crippen LogP contribution >= 0.6 is 12.2 Å². The van der Waals surface area contributed by atoms with Crippen molar-refractivity contribution in [2.24, 2.45) is 4.99 Å². The van der Waals surface area contributed by atoms with Gasteiger partial charge in [-0.2, -0.15) is 0 Å². The molecule has 1 heterocycles. The van der Waals surface area contributed by atoms with E-state index < -0.39 is 0 Å². The van der Waals surface area contributed by atoms with E-state index in [-0.39, 0.29) is 0 Å². The lowest BCUT2D eigenvalue weighted by Crippen LogP contribution is -2.39. The predicted octanol–water partition coefficient (Wildman–Crippen LogP) is 2.51. The number of guanidine groups is 1. The molecule has 156 valence electrons. The van der Waals surface area contributed by atoms with Crippen molar-refractivity contribution >= 4 is 34.9 Å². The number of aryl methyl sites for hydroxylation is 2. The highest BCUT2D eigenvalue weighted by Gasteiger charge is 2.10. The number of aliphatic imine (C=N–C) groups is 1. The number of hydrogen-bond acceptors (Lipinski definition) is 7. The number of benzene rings is 1. The molecule has 0 bridgehead atoms. The Hall–Kier alpha value is -2.98. The standard InChI is InChI=1S/C19H26N6O3S/c1-12-10-13(2)22-18(21-12)24-17(20-8-9-26-3)25-19(29)23-15-11-14(27-4)6-7-16(15)28-5/h6-7,10-11H,8-9H2,1-5H3,(H3,20,21,22,23,24,25,29). The number of thiocarbonyl (C=S) groups is 1. The third-order valence-corrected chi connectivity index (χ3v) is 3.87. The first-order valence-electron chi connectivity index (χ1n) is 8.88. The summed E-state index contributed by atoms with van der Waals surface area (Å²) in [5.74, 6) is 2.12. The van der Waals surface area contributed by atoms with E-state index in [1.165, 1.54) is 0 Å². The molecule has 0 atom stereocenters. The first kappa shape index (κ1) is 22.3. The first-order valence-corrected chi connectivity index (χ1v) is 9.28. The van der Waals surface area contributed by atoms with E-state index in [4.69, 9.17) is 26.4 Å². The molecule has 0 amide bonds. The van der Waals surface area contributed by atoms with Crippen molar-refractivity contribution < 1.29 is 14.2 Å². The van der Waals surface area contributed by atoms with Crippen molar-refractivity contribution in [3.63, 3.8) is 0 Å². The Morgan fingerprint density at radius 1 is 1.03 bits per heavy atom. The average molecular weight is 419 g/mol. The molecule has 29 heavy (non-hydrogen) atoms. The van der Waals surface area contributed by atoms with Gasteiger partial charge in [0, 0.05) is 24.6 Å². The summed E-state index contributed by atoms with van der Waals surface area (Å²) in [6.07, 6.45) is 0. The minimum Gasteiger partial charge on any atom is -0.497 e. The molecule has 0 fully saturated rings. The second-order valence-electron chi connectivity index (χ2n) is 5.97. The lowest BCUT2D eigenvalue weighted by atomic mass is 10.2. The van der Waals surface area contributed by atoms with E-state index in [1.807, 2.05) is 19.9 Å². The Bertz CT molecular complexity index is 855. The summed E-state index contributed by atoms with van der Waals surface area (Å²) in [6.45, 7) is 4.69. The summed E-state index contributed by atoms with van der Waals surface area (Å²) < 4.78 is 15.7. The van der Waals surface area contributed by atoms with Gasteiger partial charge in [-0.1, -0.05) is 0 Å². The summed E-state index contributed by atoms with van der Waals surface area (Å²) in [7, 11) is 4.79. The van der Waals surface area contributed by atoms with Gasteiger partial charge in [-0.3, -0.25) is 10.3 Å². The molecule has 3 N–H and O–H groups in total. The molecule has 0 aliphatic carbocycles. The van der Waals surface area contributed by atoms with Gasteiger partial charge >= 0.3 is 0 Å². The smallest absolute Gasteiger partial charge is 0.229 e. The van der Waals surface area contributed by atoms with Gasteiger partial charge in [0.15, 0.2) is 5.11 Å². The largest absolute Gasteiger partial charge is 0.497 e. The molecule has 1 aromatic carbocycles. The van der Waals surface area contributed by atoms with Crippen LogP contribution in [0.25, 0.3) is 0 Å². The number of nitrogens with one attached hydrogen (secondary N) is 3. The molecule has 0 saturated carbocycles. The van der Waals surface area contributed by atoms with Crippen LogP contribution in [0.15, 0.2) is 29.3 Å². The molecule has 9 nitrogen and oxygen atoms in total. The monoisotopic (exact) mass is 418 g/mol. The Balaban J connectivity index is 2.15. The summed E-state index contributed by atoms with van der Waals surface area (Å²) >= 11 is 5.43. The summed E-state index contributed by atoms with van der Waals surface area (Å²) in [5.41, 5.74) is 2.35. The molecule has 0 saturated heterocycles. The third-order valence-electron chi connectivity index (χ3n) is 3.66. The minimum absolute atomic E-state index is 0.310. The number of ether oxygens (including phenoxy) is 3. The lowest BCUT2D eigenvalue weighted by molar-refractivity contribution is 0.208. The number of aromatic nitrogens is 2. The van der Waals surface area contributed by atoms with Crippen LogP contribution in [0.3, 0.4) is 0 Å². The van der Waals surface area contributed by atoms with Crippen molar-refractivity contribution in [3.05, 3.63) is 35.7 Å². The van der Waals surface area contributed by atoms with E-state index in [2.05, 4.69) is 30.9 Å². The van der Waals surface area contributed by atoms with Crippen LogP contribution in [0.4, 0.5) is 11.6 Å². The van der Waals surface area contributed by atoms with Crippen molar-refractivity contribution in [3.8, 4) is 11.5 Å². The zero-order chi connectivity index (χ0) is 21.2. The molecule has 10 heteroatoms. The van der Waals surface area contributed by atoms with Gasteiger partial charge in [-0.25, -0.2) is 9.97 Å². The molecular weight excluding hydrogens is 392 g/mol. The highest BCUT2D eigenvalue weighted by Crippen LogP contribution is 2.28. The fraction of sp³-hybridized carbons (Fsp3) is 0.368. The van der Waals surface area contributed by atoms with E-state index in [9.17, 15) is 0 Å². The Kier molecular flexibility index (Phi) is 8.56. The lowest BCUT2D eigenvalue weighted by Gasteiger charge is -2.16. The molecule has 0 unspecified atom stereocenters. The first-order chi connectivity index (χ1) is 13.9. The highest BCUT2D eigenvalue weighted by molar-refractivity contribution is 7.80. The predicted molar refractivity (Wildman–Crippen MR) is 118 cm³/mol.